The van der Waals surface area contributed by atoms with Crippen LogP contribution in [-0.4, -0.2) is 31.6 Å². The zero-order valence-corrected chi connectivity index (χ0v) is 15.7. The van der Waals surface area contributed by atoms with Gasteiger partial charge in [-0.1, -0.05) is 53.5 Å². The number of anilines is 1. The third-order valence-electron chi connectivity index (χ3n) is 4.55. The Hall–Kier alpha value is -2.08. The van der Waals surface area contributed by atoms with Crippen LogP contribution >= 0.6 is 23.2 Å². The van der Waals surface area contributed by atoms with Crippen LogP contribution in [0.2, 0.25) is 10.0 Å². The molecule has 2 N–H and O–H groups in total. The zero-order valence-electron chi connectivity index (χ0n) is 14.2. The van der Waals surface area contributed by atoms with E-state index in [4.69, 9.17) is 27.9 Å². The maximum absolute atomic E-state index is 12.6. The van der Waals surface area contributed by atoms with Crippen LogP contribution in [-0.2, 0) is 27.3 Å². The van der Waals surface area contributed by atoms with Crippen LogP contribution in [0.1, 0.15) is 11.1 Å². The van der Waals surface area contributed by atoms with Gasteiger partial charge in [0.05, 0.1) is 22.8 Å². The van der Waals surface area contributed by atoms with E-state index in [0.717, 1.165) is 16.0 Å². The number of halogens is 2. The van der Waals surface area contributed by atoms with Crippen molar-refractivity contribution in [2.75, 3.05) is 19.0 Å². The van der Waals surface area contributed by atoms with Gasteiger partial charge in [0.15, 0.2) is 12.6 Å². The van der Waals surface area contributed by atoms with Crippen molar-refractivity contribution >= 4 is 40.8 Å². The maximum Gasteiger partial charge on any atom is 0.365 e. The fourth-order valence-electron chi connectivity index (χ4n) is 3.25. The molecule has 0 bridgehead atoms. The van der Waals surface area contributed by atoms with Gasteiger partial charge in [-0.05, 0) is 17.7 Å². The van der Waals surface area contributed by atoms with Gasteiger partial charge >= 0.3 is 5.97 Å². The highest BCUT2D eigenvalue weighted by atomic mass is 35.5. The number of rotatable bonds is 4. The fraction of sp³-hybridized carbons (Fsp3) is 0.263. The molecule has 0 fully saturated rings. The van der Waals surface area contributed by atoms with E-state index in [-0.39, 0.29) is 18.4 Å². The largest absolute Gasteiger partial charge is 0.465 e. The number of carbonyl (C=O) groups is 2. The number of hydrogen-bond donors (Lipinski definition) is 2. The predicted octanol–water partition coefficient (Wildman–Crippen LogP) is 2.11. The van der Waals surface area contributed by atoms with Gasteiger partial charge in [-0.3, -0.25) is 4.79 Å². The minimum absolute atomic E-state index is 0.107. The van der Waals surface area contributed by atoms with Crippen LogP contribution in [0.5, 0.6) is 0 Å². The summed E-state index contributed by atoms with van der Waals surface area (Å²) in [7, 11) is 1.37. The van der Waals surface area contributed by atoms with Crippen molar-refractivity contribution in [2.45, 2.75) is 19.0 Å². The first-order chi connectivity index (χ1) is 12.5. The molecule has 0 saturated carbocycles. The quantitative estimate of drug-likeness (QED) is 0.782. The molecule has 0 aromatic heterocycles. The Morgan fingerprint density at radius 2 is 1.77 bits per heavy atom. The normalized spacial score (nSPS) is 18.7. The highest BCUT2D eigenvalue weighted by molar-refractivity contribution is 6.39. The number of methoxy groups -OCH3 is 1. The van der Waals surface area contributed by atoms with Gasteiger partial charge in [0.1, 0.15) is 6.54 Å². The summed E-state index contributed by atoms with van der Waals surface area (Å²) in [6, 6.07) is 12.5. The van der Waals surface area contributed by atoms with Crippen molar-refractivity contribution < 1.29 is 19.2 Å². The molecular formula is C19H19Cl2N2O3+. The van der Waals surface area contributed by atoms with Crippen molar-refractivity contribution in [1.29, 1.82) is 0 Å². The monoisotopic (exact) mass is 393 g/mol. The molecule has 1 unspecified atom stereocenters. The lowest BCUT2D eigenvalue weighted by Gasteiger charge is -2.31. The number of fused-ring (bicyclic) bond motifs is 1. The summed E-state index contributed by atoms with van der Waals surface area (Å²) >= 11 is 12.2. The van der Waals surface area contributed by atoms with Gasteiger partial charge in [-0.2, -0.15) is 0 Å². The number of amides is 1. The molecule has 2 atom stereocenters. The standard InChI is InChI=1S/C19H18Cl2N2O3/c1-26-19(25)16-9-12-5-2-3-6-13(12)10-23(16)11-17(24)22-18-14(20)7-4-8-15(18)21/h2-8,16H,9-11H2,1H3,(H,22,24)/p+1/t16-/m1/s1. The molecule has 2 aromatic rings. The molecule has 1 aliphatic heterocycles. The number of ether oxygens (including phenoxy) is 1. The molecule has 1 heterocycles. The summed E-state index contributed by atoms with van der Waals surface area (Å²) in [6.07, 6.45) is 0.540. The van der Waals surface area contributed by atoms with E-state index < -0.39 is 6.04 Å². The topological polar surface area (TPSA) is 59.8 Å². The van der Waals surface area contributed by atoms with Crippen LogP contribution in [0.15, 0.2) is 42.5 Å². The highest BCUT2D eigenvalue weighted by Crippen LogP contribution is 2.29. The number of quaternary nitrogens is 1. The summed E-state index contributed by atoms with van der Waals surface area (Å²) in [6.45, 7) is 0.676. The molecule has 0 spiro atoms. The molecule has 136 valence electrons. The number of para-hydroxylation sites is 1. The Morgan fingerprint density at radius 1 is 1.12 bits per heavy atom. The van der Waals surface area contributed by atoms with E-state index in [1.807, 2.05) is 24.3 Å². The Labute approximate surface area is 161 Å². The lowest BCUT2D eigenvalue weighted by atomic mass is 9.94. The van der Waals surface area contributed by atoms with Crippen molar-refractivity contribution in [3.8, 4) is 0 Å². The van der Waals surface area contributed by atoms with Crippen molar-refractivity contribution in [2.24, 2.45) is 0 Å². The number of esters is 1. The number of hydrogen-bond acceptors (Lipinski definition) is 3. The van der Waals surface area contributed by atoms with E-state index in [2.05, 4.69) is 5.32 Å². The zero-order chi connectivity index (χ0) is 18.7. The van der Waals surface area contributed by atoms with Gasteiger partial charge in [0.25, 0.3) is 5.91 Å². The summed E-state index contributed by atoms with van der Waals surface area (Å²) in [5.41, 5.74) is 2.62. The Kier molecular flexibility index (Phi) is 5.81. The van der Waals surface area contributed by atoms with Gasteiger partial charge in [-0.25, -0.2) is 4.79 Å². The SMILES string of the molecule is COC(=O)[C@H]1Cc2ccccc2C[NH+]1CC(=O)Nc1c(Cl)cccc1Cl. The molecule has 1 amide bonds. The summed E-state index contributed by atoms with van der Waals surface area (Å²) < 4.78 is 4.94. The summed E-state index contributed by atoms with van der Waals surface area (Å²) in [5, 5.41) is 3.49. The first kappa shape index (κ1) is 18.7. The number of nitrogens with one attached hydrogen (secondary N) is 2. The Morgan fingerprint density at radius 3 is 2.42 bits per heavy atom. The van der Waals surface area contributed by atoms with Gasteiger partial charge < -0.3 is 15.0 Å². The molecule has 1 aliphatic rings. The average Bonchev–Trinajstić information content (AvgIpc) is 2.63. The third-order valence-corrected chi connectivity index (χ3v) is 5.18. The van der Waals surface area contributed by atoms with Gasteiger partial charge in [-0.15, -0.1) is 0 Å². The minimum Gasteiger partial charge on any atom is -0.465 e. The van der Waals surface area contributed by atoms with Crippen LogP contribution < -0.4 is 10.2 Å². The molecule has 5 nitrogen and oxygen atoms in total. The van der Waals surface area contributed by atoms with Crippen LogP contribution in [0.4, 0.5) is 5.69 Å². The highest BCUT2D eigenvalue weighted by Gasteiger charge is 2.37. The first-order valence-electron chi connectivity index (χ1n) is 8.22. The Bertz CT molecular complexity index is 821. The van der Waals surface area contributed by atoms with Gasteiger partial charge in [0, 0.05) is 12.0 Å². The molecule has 3 rings (SSSR count). The molecule has 7 heteroatoms. The number of carbonyl (C=O) groups excluding carboxylic acids is 2. The molecule has 0 radical (unpaired) electrons. The van der Waals surface area contributed by atoms with Crippen LogP contribution in [0.25, 0.3) is 0 Å². The fourth-order valence-corrected chi connectivity index (χ4v) is 3.74. The van der Waals surface area contributed by atoms with E-state index in [1.165, 1.54) is 7.11 Å². The van der Waals surface area contributed by atoms with Gasteiger partial charge in [0.2, 0.25) is 0 Å². The van der Waals surface area contributed by atoms with E-state index in [9.17, 15) is 9.59 Å². The number of benzene rings is 2. The van der Waals surface area contributed by atoms with E-state index in [1.54, 1.807) is 18.2 Å². The smallest absolute Gasteiger partial charge is 0.365 e. The second-order valence-electron chi connectivity index (χ2n) is 6.21. The van der Waals surface area contributed by atoms with E-state index >= 15 is 0 Å². The first-order valence-corrected chi connectivity index (χ1v) is 8.98. The summed E-state index contributed by atoms with van der Waals surface area (Å²) in [5.74, 6) is -0.582. The molecule has 26 heavy (non-hydrogen) atoms. The lowest BCUT2D eigenvalue weighted by molar-refractivity contribution is -0.924. The lowest BCUT2D eigenvalue weighted by Crippen LogP contribution is -3.17. The van der Waals surface area contributed by atoms with Crippen molar-refractivity contribution in [3.63, 3.8) is 0 Å². The molecular weight excluding hydrogens is 375 g/mol. The molecule has 2 aromatic carbocycles. The van der Waals surface area contributed by atoms with Crippen LogP contribution in [0, 0.1) is 0 Å². The Balaban J connectivity index is 1.78. The van der Waals surface area contributed by atoms with Crippen molar-refractivity contribution in [1.82, 2.24) is 0 Å². The molecule has 0 aliphatic carbocycles. The average molecular weight is 394 g/mol. The summed E-state index contributed by atoms with van der Waals surface area (Å²) in [4.78, 5) is 25.6. The minimum atomic E-state index is -0.428. The third kappa shape index (κ3) is 4.01. The van der Waals surface area contributed by atoms with Crippen molar-refractivity contribution in [3.05, 3.63) is 63.6 Å². The second-order valence-corrected chi connectivity index (χ2v) is 7.02. The molecule has 0 saturated heterocycles. The predicted molar refractivity (Wildman–Crippen MR) is 101 cm³/mol. The second kappa shape index (κ2) is 8.08. The maximum atomic E-state index is 12.6. The van der Waals surface area contributed by atoms with E-state index in [0.29, 0.717) is 28.7 Å². The van der Waals surface area contributed by atoms with Crippen LogP contribution in [0.3, 0.4) is 0 Å².